The number of nitrogens with one attached hydrogen (secondary N) is 1. The first-order chi connectivity index (χ1) is 7.54. The number of hydrogen-bond acceptors (Lipinski definition) is 4. The van der Waals surface area contributed by atoms with E-state index in [-0.39, 0.29) is 5.57 Å². The molecule has 1 heterocycles. The first kappa shape index (κ1) is 11.5. The molecule has 0 atom stereocenters. The molecule has 0 saturated carbocycles. The van der Waals surface area contributed by atoms with Crippen molar-refractivity contribution in [2.45, 2.75) is 6.92 Å². The fourth-order valence-corrected chi connectivity index (χ4v) is 0.991. The normalized spacial score (nSPS) is 10.6. The molecule has 0 fully saturated rings. The van der Waals surface area contributed by atoms with Crippen molar-refractivity contribution in [3.8, 4) is 6.07 Å². The third kappa shape index (κ3) is 2.72. The van der Waals surface area contributed by atoms with Gasteiger partial charge in [0.25, 0.3) is 5.91 Å². The molecule has 1 aromatic rings. The number of nitrogens with two attached hydrogens (primary N) is 1. The van der Waals surface area contributed by atoms with E-state index in [4.69, 9.17) is 15.4 Å². The van der Waals surface area contributed by atoms with Gasteiger partial charge in [-0.15, -0.1) is 0 Å². The van der Waals surface area contributed by atoms with E-state index in [1.54, 1.807) is 24.4 Å². The molecule has 0 unspecified atom stereocenters. The van der Waals surface area contributed by atoms with Crippen LogP contribution >= 0.6 is 0 Å². The number of furan rings is 1. The Kier molecular flexibility index (Phi) is 3.45. The summed E-state index contributed by atoms with van der Waals surface area (Å²) in [6, 6.07) is 2.33. The highest BCUT2D eigenvalue weighted by atomic mass is 16.3. The summed E-state index contributed by atoms with van der Waals surface area (Å²) in [5.74, 6) is -0.470. The summed E-state index contributed by atoms with van der Waals surface area (Å²) < 4.78 is 5.03. The lowest BCUT2D eigenvalue weighted by atomic mass is 10.2. The van der Waals surface area contributed by atoms with Crippen molar-refractivity contribution >= 4 is 18.0 Å². The van der Waals surface area contributed by atoms with Crippen LogP contribution in [0.2, 0.25) is 0 Å². The molecule has 1 rings (SSSR count). The van der Waals surface area contributed by atoms with E-state index in [0.717, 1.165) is 5.56 Å². The summed E-state index contributed by atoms with van der Waals surface area (Å²) >= 11 is 0. The van der Waals surface area contributed by atoms with E-state index < -0.39 is 11.9 Å². The Morgan fingerprint density at radius 2 is 2.31 bits per heavy atom. The maximum atomic E-state index is 11.3. The highest BCUT2D eigenvalue weighted by Crippen LogP contribution is 2.13. The molecule has 0 aliphatic carbocycles. The number of nitrogens with zero attached hydrogens (tertiary/aromatic N) is 1. The summed E-state index contributed by atoms with van der Waals surface area (Å²) in [5.41, 5.74) is 5.28. The molecule has 3 N–H and O–H groups in total. The molecular formula is C10H9N3O3. The van der Waals surface area contributed by atoms with Crippen LogP contribution < -0.4 is 11.1 Å². The molecule has 1 aromatic heterocycles. The van der Waals surface area contributed by atoms with Gasteiger partial charge in [-0.25, -0.2) is 4.79 Å². The van der Waals surface area contributed by atoms with E-state index >= 15 is 0 Å². The average molecular weight is 219 g/mol. The quantitative estimate of drug-likeness (QED) is 0.563. The van der Waals surface area contributed by atoms with Gasteiger partial charge in [-0.05, 0) is 18.6 Å². The number of carbonyl (C=O) groups is 2. The summed E-state index contributed by atoms with van der Waals surface area (Å²) in [5, 5.41) is 10.5. The fraction of sp³-hybridized carbons (Fsp3) is 0.100. The van der Waals surface area contributed by atoms with Gasteiger partial charge >= 0.3 is 6.03 Å². The zero-order valence-corrected chi connectivity index (χ0v) is 8.48. The Morgan fingerprint density at radius 3 is 2.75 bits per heavy atom. The maximum Gasteiger partial charge on any atom is 0.319 e. The number of imide groups is 1. The Bertz CT molecular complexity index is 494. The summed E-state index contributed by atoms with van der Waals surface area (Å²) in [6.45, 7) is 1.76. The molecule has 6 heteroatoms. The largest absolute Gasteiger partial charge is 0.465 e. The Hall–Kier alpha value is -2.55. The van der Waals surface area contributed by atoms with Crippen molar-refractivity contribution in [1.29, 1.82) is 5.26 Å². The predicted octanol–water partition coefficient (Wildman–Crippen LogP) is 0.690. The number of hydrogen-bond donors (Lipinski definition) is 2. The van der Waals surface area contributed by atoms with Crippen LogP contribution in [0.1, 0.15) is 11.3 Å². The number of amides is 3. The number of rotatable bonds is 2. The Labute approximate surface area is 91.3 Å². The Balaban J connectivity index is 2.96. The van der Waals surface area contributed by atoms with Crippen LogP contribution in [0.3, 0.4) is 0 Å². The number of nitriles is 1. The molecule has 3 amide bonds. The van der Waals surface area contributed by atoms with Crippen molar-refractivity contribution in [3.63, 3.8) is 0 Å². The lowest BCUT2D eigenvalue weighted by Gasteiger charge is -1.97. The fourth-order valence-electron chi connectivity index (χ4n) is 0.991. The van der Waals surface area contributed by atoms with Gasteiger partial charge in [-0.2, -0.15) is 5.26 Å². The molecule has 6 nitrogen and oxygen atoms in total. The summed E-state index contributed by atoms with van der Waals surface area (Å²) in [7, 11) is 0. The average Bonchev–Trinajstić information content (AvgIpc) is 2.59. The molecular weight excluding hydrogens is 210 g/mol. The molecule has 0 aliphatic rings. The van der Waals surface area contributed by atoms with Crippen molar-refractivity contribution in [2.24, 2.45) is 5.73 Å². The van der Waals surface area contributed by atoms with Crippen LogP contribution in [-0.4, -0.2) is 11.9 Å². The molecule has 16 heavy (non-hydrogen) atoms. The molecule has 0 radical (unpaired) electrons. The van der Waals surface area contributed by atoms with Gasteiger partial charge in [-0.3, -0.25) is 10.1 Å². The molecule has 0 saturated heterocycles. The minimum atomic E-state index is -1.01. The molecule has 82 valence electrons. The van der Waals surface area contributed by atoms with E-state index in [1.165, 1.54) is 12.3 Å². The minimum absolute atomic E-state index is 0.253. The molecule has 0 aliphatic heterocycles. The molecule has 0 spiro atoms. The third-order valence-corrected chi connectivity index (χ3v) is 1.78. The highest BCUT2D eigenvalue weighted by Gasteiger charge is 2.12. The smallest absolute Gasteiger partial charge is 0.319 e. The second kappa shape index (κ2) is 4.79. The van der Waals surface area contributed by atoms with Gasteiger partial charge in [0.2, 0.25) is 0 Å². The van der Waals surface area contributed by atoms with E-state index in [2.05, 4.69) is 0 Å². The second-order valence-electron chi connectivity index (χ2n) is 2.96. The first-order valence-corrected chi connectivity index (χ1v) is 4.31. The first-order valence-electron chi connectivity index (χ1n) is 4.31. The van der Waals surface area contributed by atoms with Crippen LogP contribution in [0.15, 0.2) is 22.3 Å². The van der Waals surface area contributed by atoms with E-state index in [0.29, 0.717) is 5.76 Å². The highest BCUT2D eigenvalue weighted by molar-refractivity contribution is 6.08. The maximum absolute atomic E-state index is 11.3. The van der Waals surface area contributed by atoms with Crippen molar-refractivity contribution in [3.05, 3.63) is 29.2 Å². The minimum Gasteiger partial charge on any atom is -0.465 e. The second-order valence-corrected chi connectivity index (χ2v) is 2.96. The lowest BCUT2D eigenvalue weighted by Crippen LogP contribution is -2.35. The number of carbonyl (C=O) groups excluding carboxylic acids is 2. The van der Waals surface area contributed by atoms with Crippen LogP contribution in [0.4, 0.5) is 4.79 Å². The van der Waals surface area contributed by atoms with Gasteiger partial charge in [-0.1, -0.05) is 0 Å². The number of aryl methyl sites for hydroxylation is 1. The number of primary amides is 1. The molecule has 0 aromatic carbocycles. The van der Waals surface area contributed by atoms with E-state index in [9.17, 15) is 9.59 Å². The summed E-state index contributed by atoms with van der Waals surface area (Å²) in [6.07, 6.45) is 2.68. The van der Waals surface area contributed by atoms with Crippen LogP contribution in [-0.2, 0) is 4.79 Å². The van der Waals surface area contributed by atoms with Crippen molar-refractivity contribution < 1.29 is 14.0 Å². The third-order valence-electron chi connectivity index (χ3n) is 1.78. The topological polar surface area (TPSA) is 109 Å². The van der Waals surface area contributed by atoms with Crippen molar-refractivity contribution in [1.82, 2.24) is 5.32 Å². The van der Waals surface area contributed by atoms with Gasteiger partial charge in [0.1, 0.15) is 17.4 Å². The van der Waals surface area contributed by atoms with Gasteiger partial charge in [0.05, 0.1) is 6.26 Å². The Morgan fingerprint density at radius 1 is 1.62 bits per heavy atom. The lowest BCUT2D eigenvalue weighted by molar-refractivity contribution is -0.115. The SMILES string of the molecule is Cc1ccoc1/C=C(\C#N)C(=O)NC(N)=O. The van der Waals surface area contributed by atoms with Gasteiger partial charge in [0.15, 0.2) is 0 Å². The van der Waals surface area contributed by atoms with Gasteiger partial charge in [0, 0.05) is 6.08 Å². The predicted molar refractivity (Wildman–Crippen MR) is 54.8 cm³/mol. The van der Waals surface area contributed by atoms with Gasteiger partial charge < -0.3 is 10.2 Å². The monoisotopic (exact) mass is 219 g/mol. The zero-order chi connectivity index (χ0) is 12.1. The number of urea groups is 1. The standard InChI is InChI=1S/C10H9N3O3/c1-6-2-3-16-8(6)4-7(5-11)9(14)13-10(12)15/h2-4H,1H3,(H3,12,13,14,15)/b7-4+. The zero-order valence-electron chi connectivity index (χ0n) is 8.48. The van der Waals surface area contributed by atoms with Crippen molar-refractivity contribution in [2.75, 3.05) is 0 Å². The van der Waals surface area contributed by atoms with Crippen LogP contribution in [0.25, 0.3) is 6.08 Å². The van der Waals surface area contributed by atoms with E-state index in [1.807, 2.05) is 0 Å². The van der Waals surface area contributed by atoms with Crippen LogP contribution in [0.5, 0.6) is 0 Å². The molecule has 0 bridgehead atoms. The van der Waals surface area contributed by atoms with Crippen LogP contribution in [0, 0.1) is 18.3 Å². The summed E-state index contributed by atoms with van der Waals surface area (Å²) in [4.78, 5) is 21.7.